The minimum absolute atomic E-state index is 0.0503. The number of benzene rings is 1. The largest absolute Gasteiger partial charge is 0.465 e. The van der Waals surface area contributed by atoms with Crippen LogP contribution in [0.4, 0.5) is 4.79 Å². The summed E-state index contributed by atoms with van der Waals surface area (Å²) >= 11 is 0. The fourth-order valence-corrected chi connectivity index (χ4v) is 3.45. The highest BCUT2D eigenvalue weighted by atomic mass is 16.4. The normalized spacial score (nSPS) is 12.3. The predicted octanol–water partition coefficient (Wildman–Crippen LogP) is 4.65. The van der Waals surface area contributed by atoms with Crippen LogP contribution in [0.25, 0.3) is 22.0 Å². The van der Waals surface area contributed by atoms with Crippen molar-refractivity contribution >= 4 is 17.0 Å². The van der Waals surface area contributed by atoms with Crippen LogP contribution in [0, 0.1) is 5.92 Å². The summed E-state index contributed by atoms with van der Waals surface area (Å²) in [7, 11) is 0. The SMILES string of the molecule is CCc1nc(C(CNC(=O)O)CC(C)C)nc2ccc(-c3ccncc3)cc12. The molecule has 0 aliphatic rings. The van der Waals surface area contributed by atoms with E-state index in [4.69, 9.17) is 15.1 Å². The van der Waals surface area contributed by atoms with E-state index in [1.54, 1.807) is 12.4 Å². The van der Waals surface area contributed by atoms with Gasteiger partial charge in [0.25, 0.3) is 0 Å². The molecule has 2 aromatic heterocycles. The number of carboxylic acid groups (broad SMARTS) is 1. The zero-order valence-corrected chi connectivity index (χ0v) is 16.5. The molecular weight excluding hydrogens is 352 g/mol. The lowest BCUT2D eigenvalue weighted by Gasteiger charge is -2.19. The molecule has 0 saturated carbocycles. The number of carbonyl (C=O) groups is 1. The number of rotatable bonds is 7. The molecule has 28 heavy (non-hydrogen) atoms. The van der Waals surface area contributed by atoms with Gasteiger partial charge in [-0.2, -0.15) is 0 Å². The lowest BCUT2D eigenvalue weighted by molar-refractivity contribution is 0.193. The van der Waals surface area contributed by atoms with E-state index in [1.807, 2.05) is 18.2 Å². The topological polar surface area (TPSA) is 88.0 Å². The molecule has 0 saturated heterocycles. The molecule has 1 amide bonds. The first-order valence-corrected chi connectivity index (χ1v) is 9.65. The van der Waals surface area contributed by atoms with Gasteiger partial charge in [-0.25, -0.2) is 14.8 Å². The minimum Gasteiger partial charge on any atom is -0.465 e. The molecule has 146 valence electrons. The highest BCUT2D eigenvalue weighted by Gasteiger charge is 2.19. The van der Waals surface area contributed by atoms with Crippen LogP contribution < -0.4 is 5.32 Å². The average molecular weight is 378 g/mol. The van der Waals surface area contributed by atoms with Gasteiger partial charge in [0.15, 0.2) is 0 Å². The van der Waals surface area contributed by atoms with E-state index in [2.05, 4.69) is 43.2 Å². The molecule has 0 bridgehead atoms. The summed E-state index contributed by atoms with van der Waals surface area (Å²) in [6.07, 6.45) is 4.15. The Morgan fingerprint density at radius 2 is 1.86 bits per heavy atom. The monoisotopic (exact) mass is 378 g/mol. The van der Waals surface area contributed by atoms with Crippen LogP contribution >= 0.6 is 0 Å². The van der Waals surface area contributed by atoms with Crippen molar-refractivity contribution in [2.75, 3.05) is 6.54 Å². The molecule has 1 aromatic carbocycles. The summed E-state index contributed by atoms with van der Waals surface area (Å²) in [5, 5.41) is 12.5. The number of amides is 1. The van der Waals surface area contributed by atoms with Crippen LogP contribution in [0.3, 0.4) is 0 Å². The van der Waals surface area contributed by atoms with Gasteiger partial charge in [0.2, 0.25) is 0 Å². The van der Waals surface area contributed by atoms with Crippen LogP contribution in [0.5, 0.6) is 0 Å². The van der Waals surface area contributed by atoms with Crippen molar-refractivity contribution in [2.24, 2.45) is 5.92 Å². The van der Waals surface area contributed by atoms with E-state index in [1.165, 1.54) is 0 Å². The fraction of sp³-hybridized carbons (Fsp3) is 0.364. The Morgan fingerprint density at radius 1 is 1.11 bits per heavy atom. The zero-order chi connectivity index (χ0) is 20.1. The van der Waals surface area contributed by atoms with Crippen LogP contribution in [-0.2, 0) is 6.42 Å². The molecule has 0 spiro atoms. The lowest BCUT2D eigenvalue weighted by atomic mass is 9.95. The summed E-state index contributed by atoms with van der Waals surface area (Å²) in [6.45, 7) is 6.64. The van der Waals surface area contributed by atoms with Gasteiger partial charge in [-0.1, -0.05) is 26.8 Å². The summed E-state index contributed by atoms with van der Waals surface area (Å²) in [5.74, 6) is 1.08. The molecule has 0 aliphatic carbocycles. The number of nitrogens with zero attached hydrogens (tertiary/aromatic N) is 3. The van der Waals surface area contributed by atoms with Crippen molar-refractivity contribution < 1.29 is 9.90 Å². The second-order valence-corrected chi connectivity index (χ2v) is 7.36. The minimum atomic E-state index is -1.02. The average Bonchev–Trinajstić information content (AvgIpc) is 2.70. The molecule has 6 heteroatoms. The van der Waals surface area contributed by atoms with E-state index in [0.29, 0.717) is 18.3 Å². The van der Waals surface area contributed by atoms with Gasteiger partial charge in [0.05, 0.1) is 11.2 Å². The summed E-state index contributed by atoms with van der Waals surface area (Å²) in [4.78, 5) is 24.7. The number of pyridine rings is 1. The lowest BCUT2D eigenvalue weighted by Crippen LogP contribution is -2.28. The Balaban J connectivity index is 2.03. The second-order valence-electron chi connectivity index (χ2n) is 7.36. The first-order valence-electron chi connectivity index (χ1n) is 9.65. The molecule has 0 radical (unpaired) electrons. The van der Waals surface area contributed by atoms with Crippen LogP contribution in [0.2, 0.25) is 0 Å². The van der Waals surface area contributed by atoms with E-state index in [0.717, 1.165) is 40.6 Å². The van der Waals surface area contributed by atoms with Gasteiger partial charge in [0, 0.05) is 30.2 Å². The maximum absolute atomic E-state index is 11.0. The number of nitrogens with one attached hydrogen (secondary N) is 1. The molecule has 3 rings (SSSR count). The third-order valence-electron chi connectivity index (χ3n) is 4.76. The van der Waals surface area contributed by atoms with Gasteiger partial charge in [-0.05, 0) is 54.2 Å². The number of aryl methyl sites for hydroxylation is 1. The highest BCUT2D eigenvalue weighted by Crippen LogP contribution is 2.28. The molecular formula is C22H26N4O2. The van der Waals surface area contributed by atoms with E-state index >= 15 is 0 Å². The Hall–Kier alpha value is -3.02. The fourth-order valence-electron chi connectivity index (χ4n) is 3.45. The van der Waals surface area contributed by atoms with E-state index in [-0.39, 0.29) is 5.92 Å². The van der Waals surface area contributed by atoms with Crippen molar-refractivity contribution in [1.82, 2.24) is 20.3 Å². The standard InChI is InChI=1S/C22H26N4O2/c1-4-19-18-12-16(15-7-9-23-10-8-15)5-6-20(18)26-21(25-19)17(11-14(2)3)13-24-22(27)28/h5-10,12,14,17,24H,4,11,13H2,1-3H3,(H,27,28). The van der Waals surface area contributed by atoms with Crippen LogP contribution in [0.1, 0.15) is 44.6 Å². The van der Waals surface area contributed by atoms with Crippen molar-refractivity contribution in [3.63, 3.8) is 0 Å². The van der Waals surface area contributed by atoms with Gasteiger partial charge in [0.1, 0.15) is 5.82 Å². The first-order chi connectivity index (χ1) is 13.5. The molecule has 2 N–H and O–H groups in total. The summed E-state index contributed by atoms with van der Waals surface area (Å²) < 4.78 is 0. The summed E-state index contributed by atoms with van der Waals surface area (Å²) in [6, 6.07) is 10.2. The maximum atomic E-state index is 11.0. The Morgan fingerprint density at radius 3 is 2.50 bits per heavy atom. The Labute approximate surface area is 165 Å². The number of hydrogen-bond acceptors (Lipinski definition) is 4. The molecule has 1 unspecified atom stereocenters. The second kappa shape index (κ2) is 8.78. The summed E-state index contributed by atoms with van der Waals surface area (Å²) in [5.41, 5.74) is 4.09. The quantitative estimate of drug-likeness (QED) is 0.625. The molecule has 2 heterocycles. The zero-order valence-electron chi connectivity index (χ0n) is 16.5. The number of fused-ring (bicyclic) bond motifs is 1. The molecule has 6 nitrogen and oxygen atoms in total. The van der Waals surface area contributed by atoms with E-state index < -0.39 is 6.09 Å². The molecule has 3 aromatic rings. The third kappa shape index (κ3) is 4.63. The smallest absolute Gasteiger partial charge is 0.404 e. The molecule has 1 atom stereocenters. The first kappa shape index (κ1) is 19.7. The number of aromatic nitrogens is 3. The van der Waals surface area contributed by atoms with Gasteiger partial charge < -0.3 is 10.4 Å². The predicted molar refractivity (Wildman–Crippen MR) is 110 cm³/mol. The number of hydrogen-bond donors (Lipinski definition) is 2. The van der Waals surface area contributed by atoms with Gasteiger partial charge in [-0.3, -0.25) is 4.98 Å². The van der Waals surface area contributed by atoms with Crippen molar-refractivity contribution in [2.45, 2.75) is 39.5 Å². The van der Waals surface area contributed by atoms with Crippen molar-refractivity contribution in [3.8, 4) is 11.1 Å². The maximum Gasteiger partial charge on any atom is 0.404 e. The van der Waals surface area contributed by atoms with Gasteiger partial charge in [-0.15, -0.1) is 0 Å². The van der Waals surface area contributed by atoms with Gasteiger partial charge >= 0.3 is 6.09 Å². The third-order valence-corrected chi connectivity index (χ3v) is 4.76. The van der Waals surface area contributed by atoms with Crippen LogP contribution in [0.15, 0.2) is 42.7 Å². The molecule has 0 fully saturated rings. The van der Waals surface area contributed by atoms with E-state index in [9.17, 15) is 4.79 Å². The highest BCUT2D eigenvalue weighted by molar-refractivity contribution is 5.86. The van der Waals surface area contributed by atoms with Crippen LogP contribution in [-0.4, -0.2) is 32.7 Å². The van der Waals surface area contributed by atoms with Crippen molar-refractivity contribution in [1.29, 1.82) is 0 Å². The Bertz CT molecular complexity index is 957. The molecule has 0 aliphatic heterocycles. The Kier molecular flexibility index (Phi) is 6.19. The van der Waals surface area contributed by atoms with Crippen molar-refractivity contribution in [3.05, 3.63) is 54.2 Å².